The monoisotopic (exact) mass is 463 g/mol. The van der Waals surface area contributed by atoms with Crippen LogP contribution in [0.15, 0.2) is 48.5 Å². The topological polar surface area (TPSA) is 100 Å². The highest BCUT2D eigenvalue weighted by Gasteiger charge is 2.30. The first-order valence-electron chi connectivity index (χ1n) is 10.7. The molecule has 0 bridgehead atoms. The predicted octanol–water partition coefficient (Wildman–Crippen LogP) is 2.63. The number of fused-ring (bicyclic) bond motifs is 1. The summed E-state index contributed by atoms with van der Waals surface area (Å²) in [6.45, 7) is 4.54. The molecule has 0 saturated carbocycles. The van der Waals surface area contributed by atoms with E-state index in [0.717, 1.165) is 16.6 Å². The minimum Gasteiger partial charge on any atom is -0.358 e. The van der Waals surface area contributed by atoms with Crippen LogP contribution in [0.3, 0.4) is 0 Å². The summed E-state index contributed by atoms with van der Waals surface area (Å²) in [5, 5.41) is 13.5. The average molecular weight is 464 g/mol. The van der Waals surface area contributed by atoms with Crippen molar-refractivity contribution in [2.75, 3.05) is 26.2 Å². The molecule has 0 atom stereocenters. The van der Waals surface area contributed by atoms with Gasteiger partial charge in [-0.2, -0.15) is 4.68 Å². The fourth-order valence-corrected chi connectivity index (χ4v) is 4.34. The molecule has 1 aliphatic heterocycles. The number of benzene rings is 2. The first-order chi connectivity index (χ1) is 16.0. The van der Waals surface area contributed by atoms with Gasteiger partial charge in [-0.05, 0) is 47.7 Å². The number of aromatic amines is 1. The first-order valence-corrected chi connectivity index (χ1v) is 11.1. The van der Waals surface area contributed by atoms with Crippen LogP contribution in [-0.4, -0.2) is 72.9 Å². The van der Waals surface area contributed by atoms with Crippen molar-refractivity contribution in [2.45, 2.75) is 13.5 Å². The molecule has 5 rings (SSSR count). The highest BCUT2D eigenvalue weighted by molar-refractivity contribution is 6.45. The molecule has 0 unspecified atom stereocenters. The van der Waals surface area contributed by atoms with E-state index in [0.29, 0.717) is 54.8 Å². The van der Waals surface area contributed by atoms with Crippen LogP contribution >= 0.6 is 11.6 Å². The molecular formula is C23H22ClN7O2. The first kappa shape index (κ1) is 21.3. The van der Waals surface area contributed by atoms with Gasteiger partial charge in [-0.3, -0.25) is 14.5 Å². The van der Waals surface area contributed by atoms with Crippen LogP contribution in [0.5, 0.6) is 0 Å². The molecule has 1 amide bonds. The van der Waals surface area contributed by atoms with E-state index < -0.39 is 11.7 Å². The molecule has 1 fully saturated rings. The lowest BCUT2D eigenvalue weighted by molar-refractivity contribution is -0.128. The van der Waals surface area contributed by atoms with E-state index in [1.165, 1.54) is 0 Å². The number of hydrogen-bond acceptors (Lipinski definition) is 6. The van der Waals surface area contributed by atoms with Gasteiger partial charge in [-0.15, -0.1) is 5.10 Å². The van der Waals surface area contributed by atoms with Gasteiger partial charge in [-0.1, -0.05) is 29.8 Å². The van der Waals surface area contributed by atoms with Gasteiger partial charge >= 0.3 is 0 Å². The van der Waals surface area contributed by atoms with Gasteiger partial charge in [0.15, 0.2) is 5.82 Å². The van der Waals surface area contributed by atoms with Gasteiger partial charge in [0.2, 0.25) is 0 Å². The molecule has 2 aromatic carbocycles. The molecule has 4 aromatic rings. The second-order valence-electron chi connectivity index (χ2n) is 8.05. The standard InChI is InChI=1S/C23H22ClN7O2/c1-15-21(18-4-2-3-5-19(18)25-15)22(32)23(33)30-12-10-29(11-13-30)14-20-26-27-28-31(20)17-8-6-16(24)7-9-17/h2-9,25H,10-14H2,1H3. The lowest BCUT2D eigenvalue weighted by Crippen LogP contribution is -2.50. The number of aromatic nitrogens is 5. The molecule has 3 heterocycles. The van der Waals surface area contributed by atoms with Gasteiger partial charge in [-0.25, -0.2) is 0 Å². The third kappa shape index (κ3) is 4.12. The normalized spacial score (nSPS) is 14.7. The number of para-hydroxylation sites is 1. The highest BCUT2D eigenvalue weighted by atomic mass is 35.5. The minimum absolute atomic E-state index is 0.458. The van der Waals surface area contributed by atoms with E-state index in [9.17, 15) is 9.59 Å². The van der Waals surface area contributed by atoms with Crippen LogP contribution in [0.2, 0.25) is 5.02 Å². The lowest BCUT2D eigenvalue weighted by atomic mass is 10.1. The van der Waals surface area contributed by atoms with Crippen molar-refractivity contribution in [3.63, 3.8) is 0 Å². The minimum atomic E-state index is -0.468. The molecule has 33 heavy (non-hydrogen) atoms. The lowest BCUT2D eigenvalue weighted by Gasteiger charge is -2.34. The summed E-state index contributed by atoms with van der Waals surface area (Å²) in [6, 6.07) is 14.8. The van der Waals surface area contributed by atoms with Crippen LogP contribution in [-0.2, 0) is 11.3 Å². The van der Waals surface area contributed by atoms with E-state index in [1.807, 2.05) is 43.3 Å². The van der Waals surface area contributed by atoms with Crippen LogP contribution in [0.25, 0.3) is 16.6 Å². The number of halogens is 1. The summed E-state index contributed by atoms with van der Waals surface area (Å²) in [5.41, 5.74) is 2.85. The molecule has 10 heteroatoms. The number of piperazine rings is 1. The summed E-state index contributed by atoms with van der Waals surface area (Å²) < 4.78 is 1.68. The second kappa shape index (κ2) is 8.76. The molecule has 1 aliphatic rings. The molecule has 1 saturated heterocycles. The molecule has 2 aromatic heterocycles. The predicted molar refractivity (Wildman–Crippen MR) is 123 cm³/mol. The number of H-pyrrole nitrogens is 1. The number of nitrogens with zero attached hydrogens (tertiary/aromatic N) is 6. The molecule has 0 spiro atoms. The van der Waals surface area contributed by atoms with Crippen molar-refractivity contribution in [1.29, 1.82) is 0 Å². The number of hydrogen-bond donors (Lipinski definition) is 1. The highest BCUT2D eigenvalue weighted by Crippen LogP contribution is 2.23. The van der Waals surface area contributed by atoms with Crippen molar-refractivity contribution >= 4 is 34.2 Å². The maximum Gasteiger partial charge on any atom is 0.295 e. The van der Waals surface area contributed by atoms with E-state index in [1.54, 1.807) is 21.7 Å². The number of rotatable bonds is 5. The van der Waals surface area contributed by atoms with Crippen LogP contribution in [0.1, 0.15) is 21.9 Å². The van der Waals surface area contributed by atoms with Crippen molar-refractivity contribution < 1.29 is 9.59 Å². The number of carbonyl (C=O) groups excluding carboxylic acids is 2. The SMILES string of the molecule is Cc1[nH]c2ccccc2c1C(=O)C(=O)N1CCN(Cc2nnnn2-c2ccc(Cl)cc2)CC1. The van der Waals surface area contributed by atoms with E-state index in [-0.39, 0.29) is 0 Å². The van der Waals surface area contributed by atoms with Crippen LogP contribution in [0.4, 0.5) is 0 Å². The van der Waals surface area contributed by atoms with Gasteiger partial charge in [0.05, 0.1) is 17.8 Å². The van der Waals surface area contributed by atoms with Crippen LogP contribution < -0.4 is 0 Å². The summed E-state index contributed by atoms with van der Waals surface area (Å²) in [4.78, 5) is 33.0. The van der Waals surface area contributed by atoms with E-state index in [2.05, 4.69) is 25.4 Å². The van der Waals surface area contributed by atoms with Gasteiger partial charge in [0.1, 0.15) is 0 Å². The Morgan fingerprint density at radius 3 is 2.52 bits per heavy atom. The number of ketones is 1. The Kier molecular flexibility index (Phi) is 5.65. The van der Waals surface area contributed by atoms with Crippen molar-refractivity contribution in [2.24, 2.45) is 0 Å². The van der Waals surface area contributed by atoms with Gasteiger partial charge in [0.25, 0.3) is 11.7 Å². The van der Waals surface area contributed by atoms with Crippen LogP contribution in [0, 0.1) is 6.92 Å². The van der Waals surface area contributed by atoms with E-state index in [4.69, 9.17) is 11.6 Å². The molecular weight excluding hydrogens is 442 g/mol. The van der Waals surface area contributed by atoms with Crippen molar-refractivity contribution in [3.05, 3.63) is 70.6 Å². The van der Waals surface area contributed by atoms with Gasteiger partial charge in [0, 0.05) is 47.8 Å². The molecule has 0 aliphatic carbocycles. The Morgan fingerprint density at radius 1 is 1.03 bits per heavy atom. The number of carbonyl (C=O) groups is 2. The Hall–Kier alpha value is -3.56. The zero-order valence-corrected chi connectivity index (χ0v) is 18.8. The smallest absolute Gasteiger partial charge is 0.295 e. The van der Waals surface area contributed by atoms with Crippen molar-refractivity contribution in [1.82, 2.24) is 35.0 Å². The Morgan fingerprint density at radius 2 is 1.76 bits per heavy atom. The Labute approximate surface area is 194 Å². The number of nitrogens with one attached hydrogen (secondary N) is 1. The maximum absolute atomic E-state index is 13.0. The summed E-state index contributed by atoms with van der Waals surface area (Å²) >= 11 is 5.97. The Bertz CT molecular complexity index is 1320. The fourth-order valence-electron chi connectivity index (χ4n) is 4.22. The van der Waals surface area contributed by atoms with Crippen molar-refractivity contribution in [3.8, 4) is 5.69 Å². The zero-order valence-electron chi connectivity index (χ0n) is 18.0. The van der Waals surface area contributed by atoms with E-state index >= 15 is 0 Å². The molecule has 168 valence electrons. The quantitative estimate of drug-likeness (QED) is 0.361. The second-order valence-corrected chi connectivity index (χ2v) is 8.49. The maximum atomic E-state index is 13.0. The third-order valence-electron chi connectivity index (χ3n) is 5.94. The zero-order chi connectivity index (χ0) is 22.9. The Balaban J connectivity index is 1.24. The summed E-state index contributed by atoms with van der Waals surface area (Å²) in [6.07, 6.45) is 0. The molecule has 0 radical (unpaired) electrons. The summed E-state index contributed by atoms with van der Waals surface area (Å²) in [7, 11) is 0. The third-order valence-corrected chi connectivity index (χ3v) is 6.20. The number of Topliss-reactive ketones (excluding diaryl/α,β-unsaturated/α-hetero) is 1. The van der Waals surface area contributed by atoms with Gasteiger partial charge < -0.3 is 9.88 Å². The number of amides is 1. The molecule has 1 N–H and O–H groups in total. The number of tetrazole rings is 1. The fraction of sp³-hybridized carbons (Fsp3) is 0.261. The molecule has 9 nitrogen and oxygen atoms in total. The number of aryl methyl sites for hydroxylation is 1. The summed E-state index contributed by atoms with van der Waals surface area (Å²) in [5.74, 6) is -0.235. The average Bonchev–Trinajstić information content (AvgIpc) is 3.42. The largest absolute Gasteiger partial charge is 0.358 e.